The molecule has 2 rings (SSSR count). The summed E-state index contributed by atoms with van der Waals surface area (Å²) in [6, 6.07) is 0. The topological polar surface area (TPSA) is 120 Å². The van der Waals surface area contributed by atoms with Crippen molar-refractivity contribution in [1.29, 1.82) is 0 Å². The molecule has 7 nitrogen and oxygen atoms in total. The molecule has 2 aliphatic heterocycles. The van der Waals surface area contributed by atoms with Crippen LogP contribution in [0.5, 0.6) is 0 Å². The normalized spacial score (nSPS) is 39.3. The molecular formula is C17H28O7. The lowest BCUT2D eigenvalue weighted by Crippen LogP contribution is -2.52. The predicted molar refractivity (Wildman–Crippen MR) is 85.4 cm³/mol. The van der Waals surface area contributed by atoms with Crippen molar-refractivity contribution in [3.8, 4) is 0 Å². The van der Waals surface area contributed by atoms with Crippen molar-refractivity contribution in [1.82, 2.24) is 0 Å². The average Bonchev–Trinajstić information content (AvgIpc) is 3.22. The number of carbonyl (C=O) groups is 1. The van der Waals surface area contributed by atoms with Crippen LogP contribution in [0, 0.1) is 11.8 Å². The van der Waals surface area contributed by atoms with Gasteiger partial charge in [0.2, 0.25) is 0 Å². The molecule has 138 valence electrons. The number of aliphatic hydroxyl groups is 3. The molecule has 0 aromatic rings. The third-order valence-corrected chi connectivity index (χ3v) is 5.04. The molecule has 2 heterocycles. The maximum atomic E-state index is 10.7. The minimum atomic E-state index is -1.08. The van der Waals surface area contributed by atoms with E-state index in [2.05, 4.69) is 0 Å². The van der Waals surface area contributed by atoms with Gasteiger partial charge in [-0.25, -0.2) is 4.79 Å². The second-order valence-electron chi connectivity index (χ2n) is 7.14. The zero-order valence-electron chi connectivity index (χ0n) is 14.3. The number of aliphatic carboxylic acids is 1. The molecule has 7 heteroatoms. The van der Waals surface area contributed by atoms with E-state index in [-0.39, 0.29) is 37.1 Å². The summed E-state index contributed by atoms with van der Waals surface area (Å²) in [5, 5.41) is 38.9. The van der Waals surface area contributed by atoms with Gasteiger partial charge in [-0.2, -0.15) is 0 Å². The van der Waals surface area contributed by atoms with Gasteiger partial charge in [0, 0.05) is 12.0 Å². The lowest BCUT2D eigenvalue weighted by Gasteiger charge is -2.37. The second kappa shape index (κ2) is 7.93. The smallest absolute Gasteiger partial charge is 0.328 e. The Morgan fingerprint density at radius 1 is 1.25 bits per heavy atom. The summed E-state index contributed by atoms with van der Waals surface area (Å²) < 4.78 is 11.3. The molecule has 1 unspecified atom stereocenters. The monoisotopic (exact) mass is 344 g/mol. The van der Waals surface area contributed by atoms with E-state index in [0.29, 0.717) is 12.0 Å². The van der Waals surface area contributed by atoms with Gasteiger partial charge in [-0.3, -0.25) is 0 Å². The maximum Gasteiger partial charge on any atom is 0.328 e. The number of rotatable bonds is 7. The summed E-state index contributed by atoms with van der Waals surface area (Å²) in [6.45, 7) is 5.59. The van der Waals surface area contributed by atoms with Crippen LogP contribution in [-0.4, -0.2) is 69.6 Å². The Morgan fingerprint density at radius 3 is 2.50 bits per heavy atom. The number of carboxylic acid groups (broad SMARTS) is 1. The van der Waals surface area contributed by atoms with E-state index in [9.17, 15) is 20.1 Å². The van der Waals surface area contributed by atoms with Crippen molar-refractivity contribution >= 4 is 5.97 Å². The van der Waals surface area contributed by atoms with Crippen molar-refractivity contribution < 1.29 is 34.7 Å². The minimum Gasteiger partial charge on any atom is -0.478 e. The van der Waals surface area contributed by atoms with Crippen molar-refractivity contribution in [2.24, 2.45) is 11.8 Å². The van der Waals surface area contributed by atoms with Crippen molar-refractivity contribution in [3.05, 3.63) is 11.6 Å². The van der Waals surface area contributed by atoms with Gasteiger partial charge < -0.3 is 29.9 Å². The first-order valence-corrected chi connectivity index (χ1v) is 8.42. The van der Waals surface area contributed by atoms with Crippen LogP contribution in [0.1, 0.15) is 33.6 Å². The fourth-order valence-electron chi connectivity index (χ4n) is 3.25. The molecular weight excluding hydrogens is 316 g/mol. The van der Waals surface area contributed by atoms with Crippen LogP contribution in [0.15, 0.2) is 11.6 Å². The first kappa shape index (κ1) is 19.3. The van der Waals surface area contributed by atoms with E-state index in [0.717, 1.165) is 6.08 Å². The minimum absolute atomic E-state index is 0.0322. The number of ether oxygens (including phenoxy) is 2. The zero-order valence-corrected chi connectivity index (χ0v) is 14.3. The summed E-state index contributed by atoms with van der Waals surface area (Å²) in [7, 11) is 0. The Morgan fingerprint density at radius 2 is 1.92 bits per heavy atom. The molecule has 0 aliphatic carbocycles. The van der Waals surface area contributed by atoms with Crippen LogP contribution in [0.3, 0.4) is 0 Å². The number of carboxylic acids is 1. The van der Waals surface area contributed by atoms with Gasteiger partial charge in [0.1, 0.15) is 6.10 Å². The summed E-state index contributed by atoms with van der Waals surface area (Å²) >= 11 is 0. The third-order valence-electron chi connectivity index (χ3n) is 5.04. The molecule has 2 aliphatic rings. The quantitative estimate of drug-likeness (QED) is 0.388. The summed E-state index contributed by atoms with van der Waals surface area (Å²) in [5.41, 5.74) is 0.573. The molecule has 2 fully saturated rings. The maximum absolute atomic E-state index is 10.7. The number of aliphatic hydroxyl groups excluding tert-OH is 3. The molecule has 0 amide bonds. The lowest BCUT2D eigenvalue weighted by atomic mass is 9.85. The summed E-state index contributed by atoms with van der Waals surface area (Å²) in [6.07, 6.45) is -1.27. The van der Waals surface area contributed by atoms with Crippen LogP contribution in [0.25, 0.3) is 0 Å². The molecule has 0 spiro atoms. The molecule has 0 bridgehead atoms. The highest BCUT2D eigenvalue weighted by Gasteiger charge is 2.52. The Bertz CT molecular complexity index is 476. The highest BCUT2D eigenvalue weighted by atomic mass is 16.6. The average molecular weight is 344 g/mol. The van der Waals surface area contributed by atoms with Gasteiger partial charge in [0.05, 0.1) is 37.1 Å². The van der Waals surface area contributed by atoms with E-state index in [1.165, 1.54) is 0 Å². The van der Waals surface area contributed by atoms with Crippen LogP contribution >= 0.6 is 0 Å². The van der Waals surface area contributed by atoms with Gasteiger partial charge in [-0.1, -0.05) is 12.5 Å². The summed E-state index contributed by atoms with van der Waals surface area (Å²) in [4.78, 5) is 10.7. The largest absolute Gasteiger partial charge is 0.478 e. The number of epoxide rings is 1. The molecule has 2 saturated heterocycles. The van der Waals surface area contributed by atoms with Gasteiger partial charge >= 0.3 is 5.97 Å². The fourth-order valence-corrected chi connectivity index (χ4v) is 3.25. The van der Waals surface area contributed by atoms with Crippen LogP contribution < -0.4 is 0 Å². The van der Waals surface area contributed by atoms with Crippen LogP contribution in [0.2, 0.25) is 0 Å². The van der Waals surface area contributed by atoms with Crippen molar-refractivity contribution in [2.45, 2.75) is 70.2 Å². The van der Waals surface area contributed by atoms with Gasteiger partial charge in [-0.05, 0) is 32.6 Å². The molecule has 4 N–H and O–H groups in total. The Hall–Kier alpha value is -0.990. The van der Waals surface area contributed by atoms with Crippen molar-refractivity contribution in [2.75, 3.05) is 6.61 Å². The lowest BCUT2D eigenvalue weighted by molar-refractivity contribution is -0.167. The van der Waals surface area contributed by atoms with Crippen LogP contribution in [-0.2, 0) is 14.3 Å². The Labute approximate surface area is 141 Å². The Kier molecular flexibility index (Phi) is 6.39. The number of hydrogen-bond donors (Lipinski definition) is 4. The predicted octanol–water partition coefficient (Wildman–Crippen LogP) is 0.319. The second-order valence-corrected chi connectivity index (χ2v) is 7.14. The van der Waals surface area contributed by atoms with E-state index >= 15 is 0 Å². The Balaban J connectivity index is 1.87. The van der Waals surface area contributed by atoms with Gasteiger partial charge in [0.25, 0.3) is 0 Å². The standard InChI is InChI=1S/C17H28O7/c1-8(5-14(19)20)4-12-16(22)15(21)11(7-23-12)17-13(24-17)6-9(2)10(3)18/h5,9-13,15-18,21-22H,4,6-7H2,1-3H3,(H,19,20)/t9-,10-,11-,12-,13-,15+,16-,17?/m0/s1. The molecule has 8 atom stereocenters. The molecule has 0 saturated carbocycles. The molecule has 24 heavy (non-hydrogen) atoms. The zero-order chi connectivity index (χ0) is 18.0. The van der Waals surface area contributed by atoms with E-state index in [1.807, 2.05) is 6.92 Å². The highest BCUT2D eigenvalue weighted by Crippen LogP contribution is 2.40. The molecule has 0 aromatic heterocycles. The van der Waals surface area contributed by atoms with Crippen molar-refractivity contribution in [3.63, 3.8) is 0 Å². The van der Waals surface area contributed by atoms with E-state index < -0.39 is 30.4 Å². The highest BCUT2D eigenvalue weighted by molar-refractivity contribution is 5.80. The first-order chi connectivity index (χ1) is 11.2. The van der Waals surface area contributed by atoms with Crippen LogP contribution in [0.4, 0.5) is 0 Å². The van der Waals surface area contributed by atoms with Gasteiger partial charge in [0.15, 0.2) is 0 Å². The number of hydrogen-bond acceptors (Lipinski definition) is 6. The third kappa shape index (κ3) is 4.77. The molecule has 0 aromatic carbocycles. The first-order valence-electron chi connectivity index (χ1n) is 8.42. The fraction of sp³-hybridized carbons (Fsp3) is 0.824. The SMILES string of the molecule is CC(=CC(=O)O)C[C@@H]1OC[C@H](C2O[C@H]2C[C@H](C)[C@H](C)O)[C@@H](O)[C@H]1O. The van der Waals surface area contributed by atoms with E-state index in [4.69, 9.17) is 14.6 Å². The molecule has 0 radical (unpaired) electrons. The van der Waals surface area contributed by atoms with E-state index in [1.54, 1.807) is 13.8 Å². The van der Waals surface area contributed by atoms with Gasteiger partial charge in [-0.15, -0.1) is 0 Å². The summed E-state index contributed by atoms with van der Waals surface area (Å²) in [5.74, 6) is -1.26.